The minimum atomic E-state index is -0.857. The molecule has 128 valence electrons. The van der Waals surface area contributed by atoms with Crippen molar-refractivity contribution in [3.05, 3.63) is 48.9 Å². The molecule has 7 nitrogen and oxygen atoms in total. The predicted molar refractivity (Wildman–Crippen MR) is 94.0 cm³/mol. The molecule has 1 aromatic carbocycles. The molecule has 1 aliphatic rings. The molecule has 25 heavy (non-hydrogen) atoms. The van der Waals surface area contributed by atoms with E-state index in [1.807, 2.05) is 47.1 Å². The standard InChI is InChI=1S/C18H19N5O2/c19-18(6-10-25-11-7-18)16(24)21-14-4-2-13(3-5-14)15-12-23-9-1-8-20-17(23)22-15/h1-5,8-9,12H,6-7,10-11,19H2,(H,21,24). The van der Waals surface area contributed by atoms with Gasteiger partial charge in [0.1, 0.15) is 5.54 Å². The molecule has 0 radical (unpaired) electrons. The second-order valence-corrected chi connectivity index (χ2v) is 6.25. The molecule has 2 aromatic heterocycles. The Labute approximate surface area is 144 Å². The molecule has 0 bridgehead atoms. The van der Waals surface area contributed by atoms with Crippen LogP contribution < -0.4 is 11.1 Å². The molecule has 3 heterocycles. The van der Waals surface area contributed by atoms with E-state index >= 15 is 0 Å². The van der Waals surface area contributed by atoms with Gasteiger partial charge >= 0.3 is 0 Å². The van der Waals surface area contributed by atoms with Crippen LogP contribution in [0.3, 0.4) is 0 Å². The molecule has 3 N–H and O–H groups in total. The number of aromatic nitrogens is 3. The van der Waals surface area contributed by atoms with E-state index in [9.17, 15) is 4.79 Å². The van der Waals surface area contributed by atoms with Crippen molar-refractivity contribution in [1.29, 1.82) is 0 Å². The highest BCUT2D eigenvalue weighted by Crippen LogP contribution is 2.23. The summed E-state index contributed by atoms with van der Waals surface area (Å²) >= 11 is 0. The van der Waals surface area contributed by atoms with E-state index in [0.29, 0.717) is 37.5 Å². The Morgan fingerprint density at radius 2 is 2.00 bits per heavy atom. The number of nitrogens with zero attached hydrogens (tertiary/aromatic N) is 3. The molecule has 0 atom stereocenters. The number of anilines is 1. The number of benzene rings is 1. The number of carbonyl (C=O) groups excluding carboxylic acids is 1. The number of carbonyl (C=O) groups is 1. The number of nitrogens with one attached hydrogen (secondary N) is 1. The maximum absolute atomic E-state index is 12.4. The molecular weight excluding hydrogens is 318 g/mol. The van der Waals surface area contributed by atoms with Gasteiger partial charge < -0.3 is 15.8 Å². The second-order valence-electron chi connectivity index (χ2n) is 6.25. The molecule has 1 fully saturated rings. The average molecular weight is 337 g/mol. The minimum absolute atomic E-state index is 0.166. The fraction of sp³-hybridized carbons (Fsp3) is 0.278. The van der Waals surface area contributed by atoms with Crippen LogP contribution in [0, 0.1) is 0 Å². The topological polar surface area (TPSA) is 94.5 Å². The minimum Gasteiger partial charge on any atom is -0.381 e. The van der Waals surface area contributed by atoms with Gasteiger partial charge in [-0.05, 0) is 31.0 Å². The predicted octanol–water partition coefficient (Wildman–Crippen LogP) is 1.84. The van der Waals surface area contributed by atoms with Crippen LogP contribution in [0.1, 0.15) is 12.8 Å². The van der Waals surface area contributed by atoms with E-state index in [2.05, 4.69) is 15.3 Å². The van der Waals surface area contributed by atoms with Gasteiger partial charge in [0.25, 0.3) is 0 Å². The molecule has 0 unspecified atom stereocenters. The third kappa shape index (κ3) is 3.11. The van der Waals surface area contributed by atoms with Gasteiger partial charge in [0.05, 0.1) is 5.69 Å². The summed E-state index contributed by atoms with van der Waals surface area (Å²) in [5.74, 6) is 0.486. The fourth-order valence-corrected chi connectivity index (χ4v) is 2.91. The van der Waals surface area contributed by atoms with E-state index in [1.54, 1.807) is 6.20 Å². The Hall–Kier alpha value is -2.77. The lowest BCUT2D eigenvalue weighted by Gasteiger charge is -2.31. The first-order chi connectivity index (χ1) is 12.1. The van der Waals surface area contributed by atoms with E-state index in [1.165, 1.54) is 0 Å². The van der Waals surface area contributed by atoms with Gasteiger partial charge in [0.2, 0.25) is 11.7 Å². The Bertz CT molecular complexity index is 864. The van der Waals surface area contributed by atoms with Crippen molar-refractivity contribution >= 4 is 17.4 Å². The lowest BCUT2D eigenvalue weighted by molar-refractivity contribution is -0.124. The number of fused-ring (bicyclic) bond motifs is 1. The smallest absolute Gasteiger partial charge is 0.244 e. The Morgan fingerprint density at radius 3 is 2.72 bits per heavy atom. The van der Waals surface area contributed by atoms with Gasteiger partial charge in [-0.1, -0.05) is 12.1 Å². The van der Waals surface area contributed by atoms with Crippen LogP contribution in [0.25, 0.3) is 17.0 Å². The first-order valence-electron chi connectivity index (χ1n) is 8.22. The lowest BCUT2D eigenvalue weighted by atomic mass is 9.90. The number of amides is 1. The average Bonchev–Trinajstić information content (AvgIpc) is 3.07. The Morgan fingerprint density at radius 1 is 1.24 bits per heavy atom. The number of rotatable bonds is 3. The van der Waals surface area contributed by atoms with Crippen molar-refractivity contribution in [3.8, 4) is 11.3 Å². The van der Waals surface area contributed by atoms with Crippen molar-refractivity contribution in [1.82, 2.24) is 14.4 Å². The Kier molecular flexibility index (Phi) is 3.95. The third-order valence-electron chi connectivity index (χ3n) is 4.51. The van der Waals surface area contributed by atoms with Crippen molar-refractivity contribution in [2.75, 3.05) is 18.5 Å². The highest BCUT2D eigenvalue weighted by Gasteiger charge is 2.35. The van der Waals surface area contributed by atoms with E-state index in [-0.39, 0.29) is 5.91 Å². The SMILES string of the molecule is NC1(C(=O)Nc2ccc(-c3cn4cccnc4n3)cc2)CCOCC1. The zero-order valence-electron chi connectivity index (χ0n) is 13.7. The number of imidazole rings is 1. The zero-order valence-corrected chi connectivity index (χ0v) is 13.7. The second kappa shape index (κ2) is 6.27. The van der Waals surface area contributed by atoms with Gasteiger partial charge in [0.15, 0.2) is 0 Å². The molecule has 0 saturated carbocycles. The summed E-state index contributed by atoms with van der Waals surface area (Å²) in [6.07, 6.45) is 6.61. The molecule has 7 heteroatoms. The van der Waals surface area contributed by atoms with Gasteiger partial charge in [-0.25, -0.2) is 9.97 Å². The maximum atomic E-state index is 12.4. The molecule has 0 spiro atoms. The monoisotopic (exact) mass is 337 g/mol. The van der Waals surface area contributed by atoms with Crippen LogP contribution in [-0.2, 0) is 9.53 Å². The number of hydrogen-bond acceptors (Lipinski definition) is 5. The number of hydrogen-bond donors (Lipinski definition) is 2. The van der Waals surface area contributed by atoms with Crippen molar-refractivity contribution < 1.29 is 9.53 Å². The molecule has 0 aliphatic carbocycles. The molecule has 3 aromatic rings. The van der Waals surface area contributed by atoms with Crippen LogP contribution in [0.2, 0.25) is 0 Å². The van der Waals surface area contributed by atoms with E-state index < -0.39 is 5.54 Å². The van der Waals surface area contributed by atoms with Crippen molar-refractivity contribution in [2.24, 2.45) is 5.73 Å². The van der Waals surface area contributed by atoms with Crippen molar-refractivity contribution in [3.63, 3.8) is 0 Å². The first kappa shape index (κ1) is 15.7. The number of ether oxygens (including phenoxy) is 1. The van der Waals surface area contributed by atoms with Gasteiger partial charge in [-0.3, -0.25) is 9.20 Å². The zero-order chi connectivity index (χ0) is 17.3. The van der Waals surface area contributed by atoms with Crippen molar-refractivity contribution in [2.45, 2.75) is 18.4 Å². The lowest BCUT2D eigenvalue weighted by Crippen LogP contribution is -2.54. The molecular formula is C18H19N5O2. The first-order valence-corrected chi connectivity index (χ1v) is 8.22. The summed E-state index contributed by atoms with van der Waals surface area (Å²) < 4.78 is 7.15. The summed E-state index contributed by atoms with van der Waals surface area (Å²) in [6, 6.07) is 9.41. The molecule has 1 aliphatic heterocycles. The summed E-state index contributed by atoms with van der Waals surface area (Å²) in [6.45, 7) is 1.04. The quantitative estimate of drug-likeness (QED) is 0.760. The highest BCUT2D eigenvalue weighted by atomic mass is 16.5. The summed E-state index contributed by atoms with van der Waals surface area (Å²) in [5, 5.41) is 2.90. The molecule has 1 saturated heterocycles. The van der Waals surface area contributed by atoms with Crippen LogP contribution in [0.4, 0.5) is 5.69 Å². The van der Waals surface area contributed by atoms with Crippen LogP contribution in [0.15, 0.2) is 48.9 Å². The van der Waals surface area contributed by atoms with E-state index in [4.69, 9.17) is 10.5 Å². The van der Waals surface area contributed by atoms with Gasteiger partial charge in [-0.2, -0.15) is 0 Å². The molecule has 4 rings (SSSR count). The summed E-state index contributed by atoms with van der Waals surface area (Å²) in [4.78, 5) is 21.1. The Balaban J connectivity index is 1.51. The van der Waals surface area contributed by atoms with Crippen LogP contribution in [0.5, 0.6) is 0 Å². The highest BCUT2D eigenvalue weighted by molar-refractivity contribution is 5.98. The van der Waals surface area contributed by atoms with Crippen LogP contribution >= 0.6 is 0 Å². The van der Waals surface area contributed by atoms with Crippen LogP contribution in [-0.4, -0.2) is 39.0 Å². The van der Waals surface area contributed by atoms with Gasteiger partial charge in [-0.15, -0.1) is 0 Å². The van der Waals surface area contributed by atoms with Gasteiger partial charge in [0, 0.05) is 43.1 Å². The maximum Gasteiger partial charge on any atom is 0.244 e. The molecule has 1 amide bonds. The summed E-state index contributed by atoms with van der Waals surface area (Å²) in [7, 11) is 0. The number of nitrogens with two attached hydrogens (primary N) is 1. The third-order valence-corrected chi connectivity index (χ3v) is 4.51. The summed E-state index contributed by atoms with van der Waals surface area (Å²) in [5.41, 5.74) is 7.85. The van der Waals surface area contributed by atoms with E-state index in [0.717, 1.165) is 11.3 Å². The fourth-order valence-electron chi connectivity index (χ4n) is 2.91. The normalized spacial score (nSPS) is 16.7. The largest absolute Gasteiger partial charge is 0.381 e.